The Morgan fingerprint density at radius 2 is 2.05 bits per heavy atom. The monoisotopic (exact) mass is 288 g/mol. The molecule has 0 saturated carbocycles. The number of hydrogen-bond acceptors (Lipinski definition) is 3. The van der Waals surface area contributed by atoms with Crippen molar-refractivity contribution in [3.05, 3.63) is 53.9 Å². The Kier molecular flexibility index (Phi) is 5.00. The summed E-state index contributed by atoms with van der Waals surface area (Å²) in [6.07, 6.45) is 1.83. The molecule has 0 bridgehead atoms. The molecule has 0 fully saturated rings. The van der Waals surface area contributed by atoms with Gasteiger partial charge in [0, 0.05) is 31.9 Å². The molecule has 0 aliphatic carbocycles. The minimum atomic E-state index is -0.109. The van der Waals surface area contributed by atoms with Crippen LogP contribution in [-0.4, -0.2) is 40.7 Å². The molecule has 1 heterocycles. The Labute approximate surface area is 124 Å². The van der Waals surface area contributed by atoms with Gasteiger partial charge in [0.05, 0.1) is 13.7 Å². The molecular weight excluding hydrogens is 268 g/mol. The van der Waals surface area contributed by atoms with Crippen LogP contribution < -0.4 is 4.74 Å². The fraction of sp³-hybridized carbons (Fsp3) is 0.312. The molecule has 112 valence electrons. The predicted octanol–water partition coefficient (Wildman–Crippen LogP) is 1.67. The molecule has 5 heteroatoms. The van der Waals surface area contributed by atoms with Crippen molar-refractivity contribution in [2.75, 3.05) is 20.3 Å². The number of ether oxygens (including phenoxy) is 1. The molecule has 5 nitrogen and oxygen atoms in total. The molecule has 0 atom stereocenters. The zero-order chi connectivity index (χ0) is 15.2. The largest absolute Gasteiger partial charge is 0.496 e. The van der Waals surface area contributed by atoms with Gasteiger partial charge >= 0.3 is 0 Å². The number of aliphatic hydroxyl groups is 1. The minimum absolute atomic E-state index is 0.0781. The van der Waals surface area contributed by atoms with Crippen LogP contribution in [0.1, 0.15) is 16.1 Å². The average Bonchev–Trinajstić information content (AvgIpc) is 2.92. The van der Waals surface area contributed by atoms with E-state index < -0.39 is 0 Å². The second-order valence-electron chi connectivity index (χ2n) is 4.77. The van der Waals surface area contributed by atoms with Crippen LogP contribution in [0.5, 0.6) is 5.75 Å². The molecule has 0 unspecified atom stereocenters. The van der Waals surface area contributed by atoms with E-state index in [1.807, 2.05) is 43.6 Å². The molecule has 1 amide bonds. The van der Waals surface area contributed by atoms with E-state index in [1.165, 1.54) is 0 Å². The van der Waals surface area contributed by atoms with Gasteiger partial charge in [-0.15, -0.1) is 0 Å². The Morgan fingerprint density at radius 1 is 1.29 bits per heavy atom. The van der Waals surface area contributed by atoms with E-state index in [1.54, 1.807) is 22.6 Å². The number of amides is 1. The molecule has 0 saturated heterocycles. The number of hydrogen-bond donors (Lipinski definition) is 1. The molecule has 21 heavy (non-hydrogen) atoms. The molecule has 0 radical (unpaired) electrons. The molecule has 0 aliphatic rings. The van der Waals surface area contributed by atoms with Crippen molar-refractivity contribution in [3.63, 3.8) is 0 Å². The van der Waals surface area contributed by atoms with Gasteiger partial charge in [-0.05, 0) is 18.2 Å². The fourth-order valence-corrected chi connectivity index (χ4v) is 2.26. The van der Waals surface area contributed by atoms with Crippen LogP contribution in [-0.2, 0) is 13.6 Å². The van der Waals surface area contributed by atoms with E-state index in [0.29, 0.717) is 12.2 Å². The highest BCUT2D eigenvalue weighted by Gasteiger charge is 2.19. The van der Waals surface area contributed by atoms with E-state index in [0.717, 1.165) is 11.3 Å². The van der Waals surface area contributed by atoms with E-state index in [4.69, 9.17) is 4.74 Å². The van der Waals surface area contributed by atoms with Gasteiger partial charge in [-0.3, -0.25) is 4.79 Å². The lowest BCUT2D eigenvalue weighted by molar-refractivity contribution is 0.0697. The maximum Gasteiger partial charge on any atom is 0.270 e. The van der Waals surface area contributed by atoms with E-state index >= 15 is 0 Å². The number of carbonyl (C=O) groups excluding carboxylic acids is 1. The third-order valence-electron chi connectivity index (χ3n) is 3.37. The number of nitrogens with zero attached hydrogens (tertiary/aromatic N) is 2. The highest BCUT2D eigenvalue weighted by molar-refractivity contribution is 5.92. The summed E-state index contributed by atoms with van der Waals surface area (Å²) in [5, 5.41) is 9.22. The van der Waals surface area contributed by atoms with Crippen LogP contribution in [0.2, 0.25) is 0 Å². The Hall–Kier alpha value is -2.27. The standard InChI is InChI=1S/C16H20N2O3/c1-17-9-5-7-14(17)16(20)18(10-11-19)12-13-6-3-4-8-15(13)21-2/h3-9,19H,10-12H2,1-2H3. The number of para-hydroxylation sites is 1. The third-order valence-corrected chi connectivity index (χ3v) is 3.37. The van der Waals surface area contributed by atoms with Crippen molar-refractivity contribution in [1.82, 2.24) is 9.47 Å². The van der Waals surface area contributed by atoms with Gasteiger partial charge in [0.15, 0.2) is 0 Å². The first kappa shape index (κ1) is 15.1. The predicted molar refractivity (Wildman–Crippen MR) is 80.2 cm³/mol. The summed E-state index contributed by atoms with van der Waals surface area (Å²) < 4.78 is 7.09. The SMILES string of the molecule is COc1ccccc1CN(CCO)C(=O)c1cccn1C. The molecule has 2 rings (SSSR count). The van der Waals surface area contributed by atoms with Crippen molar-refractivity contribution in [2.45, 2.75) is 6.54 Å². The summed E-state index contributed by atoms with van der Waals surface area (Å²) >= 11 is 0. The molecule has 1 aromatic heterocycles. The number of methoxy groups -OCH3 is 1. The van der Waals surface area contributed by atoms with Crippen LogP contribution in [0.3, 0.4) is 0 Å². The van der Waals surface area contributed by atoms with Crippen LogP contribution in [0.25, 0.3) is 0 Å². The Bertz CT molecular complexity index is 607. The van der Waals surface area contributed by atoms with Gasteiger partial charge in [0.1, 0.15) is 11.4 Å². The first-order chi connectivity index (χ1) is 10.2. The lowest BCUT2D eigenvalue weighted by Crippen LogP contribution is -2.34. The molecule has 0 spiro atoms. The number of carbonyl (C=O) groups is 1. The molecule has 1 aromatic carbocycles. The third kappa shape index (κ3) is 3.44. The molecule has 0 aliphatic heterocycles. The molecule has 2 aromatic rings. The average molecular weight is 288 g/mol. The number of aryl methyl sites for hydroxylation is 1. The Morgan fingerprint density at radius 3 is 2.67 bits per heavy atom. The Balaban J connectivity index is 2.23. The number of benzene rings is 1. The lowest BCUT2D eigenvalue weighted by Gasteiger charge is -2.23. The summed E-state index contributed by atoms with van der Waals surface area (Å²) in [6, 6.07) is 11.2. The minimum Gasteiger partial charge on any atom is -0.496 e. The van der Waals surface area contributed by atoms with Crippen molar-refractivity contribution in [3.8, 4) is 5.75 Å². The zero-order valence-corrected chi connectivity index (χ0v) is 12.3. The summed E-state index contributed by atoms with van der Waals surface area (Å²) in [5.41, 5.74) is 1.51. The van der Waals surface area contributed by atoms with Gasteiger partial charge in [-0.1, -0.05) is 18.2 Å². The summed E-state index contributed by atoms with van der Waals surface area (Å²) in [6.45, 7) is 0.599. The van der Waals surface area contributed by atoms with Crippen molar-refractivity contribution < 1.29 is 14.6 Å². The maximum atomic E-state index is 12.6. The highest BCUT2D eigenvalue weighted by atomic mass is 16.5. The van der Waals surface area contributed by atoms with Crippen molar-refractivity contribution in [2.24, 2.45) is 7.05 Å². The van der Waals surface area contributed by atoms with E-state index in [9.17, 15) is 9.90 Å². The smallest absolute Gasteiger partial charge is 0.270 e. The lowest BCUT2D eigenvalue weighted by atomic mass is 10.2. The van der Waals surface area contributed by atoms with Gasteiger partial charge < -0.3 is 19.3 Å². The summed E-state index contributed by atoms with van der Waals surface area (Å²) in [7, 11) is 3.43. The second kappa shape index (κ2) is 6.95. The zero-order valence-electron chi connectivity index (χ0n) is 12.3. The first-order valence-corrected chi connectivity index (χ1v) is 6.80. The van der Waals surface area contributed by atoms with E-state index in [-0.39, 0.29) is 19.1 Å². The van der Waals surface area contributed by atoms with Crippen LogP contribution in [0.4, 0.5) is 0 Å². The highest BCUT2D eigenvalue weighted by Crippen LogP contribution is 2.20. The summed E-state index contributed by atoms with van der Waals surface area (Å²) in [4.78, 5) is 14.2. The quantitative estimate of drug-likeness (QED) is 0.879. The number of aliphatic hydroxyl groups excluding tert-OH is 1. The van der Waals surface area contributed by atoms with Gasteiger partial charge in [-0.25, -0.2) is 0 Å². The van der Waals surface area contributed by atoms with Gasteiger partial charge in [0.25, 0.3) is 5.91 Å². The summed E-state index contributed by atoms with van der Waals surface area (Å²) in [5.74, 6) is 0.627. The molecular formula is C16H20N2O3. The van der Waals surface area contributed by atoms with Crippen LogP contribution in [0.15, 0.2) is 42.6 Å². The van der Waals surface area contributed by atoms with Crippen LogP contribution in [0, 0.1) is 0 Å². The second-order valence-corrected chi connectivity index (χ2v) is 4.77. The molecule has 1 N–H and O–H groups in total. The van der Waals surface area contributed by atoms with Crippen LogP contribution >= 0.6 is 0 Å². The fourth-order valence-electron chi connectivity index (χ4n) is 2.26. The normalized spacial score (nSPS) is 10.4. The van der Waals surface area contributed by atoms with Gasteiger partial charge in [-0.2, -0.15) is 0 Å². The van der Waals surface area contributed by atoms with Crippen molar-refractivity contribution in [1.29, 1.82) is 0 Å². The topological polar surface area (TPSA) is 54.7 Å². The van der Waals surface area contributed by atoms with E-state index in [2.05, 4.69) is 0 Å². The number of rotatable bonds is 6. The van der Waals surface area contributed by atoms with Crippen molar-refractivity contribution >= 4 is 5.91 Å². The first-order valence-electron chi connectivity index (χ1n) is 6.80. The number of aromatic nitrogens is 1. The van der Waals surface area contributed by atoms with Gasteiger partial charge in [0.2, 0.25) is 0 Å². The maximum absolute atomic E-state index is 12.6.